The lowest BCUT2D eigenvalue weighted by Gasteiger charge is -2.17. The van der Waals surface area contributed by atoms with Crippen molar-refractivity contribution >= 4 is 0 Å². The number of hydrogen-bond donors (Lipinski definition) is 1. The van der Waals surface area contributed by atoms with Gasteiger partial charge in [0, 0.05) is 6.04 Å². The van der Waals surface area contributed by atoms with Crippen molar-refractivity contribution < 1.29 is 4.74 Å². The number of nitrogens with one attached hydrogen (secondary N) is 1. The van der Waals surface area contributed by atoms with E-state index in [1.807, 2.05) is 20.0 Å². The summed E-state index contributed by atoms with van der Waals surface area (Å²) < 4.78 is 5.59. The average molecular weight is 283 g/mol. The van der Waals surface area contributed by atoms with Crippen molar-refractivity contribution in [1.82, 2.24) is 5.32 Å². The molecular weight excluding hydrogens is 258 g/mol. The molecule has 1 atom stereocenters. The molecule has 0 aliphatic rings. The molecule has 0 bridgehead atoms. The molecule has 1 unspecified atom stereocenters. The number of ether oxygens (including phenoxy) is 1. The first-order valence-corrected chi connectivity index (χ1v) is 7.77. The minimum atomic E-state index is 0.383. The molecule has 0 heterocycles. The van der Waals surface area contributed by atoms with Gasteiger partial charge in [-0.3, -0.25) is 0 Å². The van der Waals surface area contributed by atoms with E-state index in [1.165, 1.54) is 17.5 Å². The minimum absolute atomic E-state index is 0.383. The maximum atomic E-state index is 5.59. The van der Waals surface area contributed by atoms with Gasteiger partial charge in [-0.2, -0.15) is 0 Å². The first-order chi connectivity index (χ1) is 10.3. The summed E-state index contributed by atoms with van der Waals surface area (Å²) in [4.78, 5) is 0. The van der Waals surface area contributed by atoms with Crippen LogP contribution in [0.2, 0.25) is 0 Å². The molecule has 0 spiro atoms. The Morgan fingerprint density at radius 3 is 2.57 bits per heavy atom. The predicted octanol–water partition coefficient (Wildman–Crippen LogP) is 4.37. The van der Waals surface area contributed by atoms with E-state index < -0.39 is 0 Å². The van der Waals surface area contributed by atoms with Gasteiger partial charge >= 0.3 is 0 Å². The Labute approximate surface area is 128 Å². The molecular formula is C19H25NO. The molecule has 2 aromatic carbocycles. The second-order valence-electron chi connectivity index (χ2n) is 5.22. The molecule has 2 aromatic rings. The number of benzene rings is 2. The highest BCUT2D eigenvalue weighted by Crippen LogP contribution is 2.23. The summed E-state index contributed by atoms with van der Waals surface area (Å²) in [7, 11) is 2.03. The Morgan fingerprint density at radius 1 is 1.05 bits per heavy atom. The Bertz CT molecular complexity index is 524. The summed E-state index contributed by atoms with van der Waals surface area (Å²) in [5.41, 5.74) is 2.71. The van der Waals surface area contributed by atoms with E-state index in [2.05, 4.69) is 53.8 Å². The van der Waals surface area contributed by atoms with Crippen LogP contribution in [-0.4, -0.2) is 13.7 Å². The third-order valence-corrected chi connectivity index (χ3v) is 3.72. The summed E-state index contributed by atoms with van der Waals surface area (Å²) >= 11 is 0. The Morgan fingerprint density at radius 2 is 1.86 bits per heavy atom. The van der Waals surface area contributed by atoms with Crippen LogP contribution in [0, 0.1) is 0 Å². The summed E-state index contributed by atoms with van der Waals surface area (Å²) in [6.45, 7) is 2.73. The summed E-state index contributed by atoms with van der Waals surface area (Å²) in [6, 6.07) is 19.5. The molecule has 2 heteroatoms. The van der Waals surface area contributed by atoms with E-state index in [-0.39, 0.29) is 0 Å². The van der Waals surface area contributed by atoms with Crippen molar-refractivity contribution in [1.29, 1.82) is 0 Å². The van der Waals surface area contributed by atoms with Crippen molar-refractivity contribution in [2.24, 2.45) is 0 Å². The van der Waals surface area contributed by atoms with Gasteiger partial charge in [-0.05, 0) is 56.5 Å². The topological polar surface area (TPSA) is 21.3 Å². The SMILES string of the molecule is CCOc1cccc(C(CCCc2ccccc2)NC)c1. The van der Waals surface area contributed by atoms with Crippen molar-refractivity contribution in [3.63, 3.8) is 0 Å². The predicted molar refractivity (Wildman–Crippen MR) is 88.8 cm³/mol. The van der Waals surface area contributed by atoms with E-state index in [0.29, 0.717) is 12.6 Å². The molecule has 0 fully saturated rings. The van der Waals surface area contributed by atoms with Gasteiger partial charge in [-0.1, -0.05) is 42.5 Å². The lowest BCUT2D eigenvalue weighted by Crippen LogP contribution is -2.16. The molecule has 0 aliphatic carbocycles. The Hall–Kier alpha value is -1.80. The maximum absolute atomic E-state index is 5.59. The fourth-order valence-electron chi connectivity index (χ4n) is 2.62. The molecule has 21 heavy (non-hydrogen) atoms. The van der Waals surface area contributed by atoms with Crippen LogP contribution in [0.3, 0.4) is 0 Å². The second kappa shape index (κ2) is 8.48. The molecule has 2 rings (SSSR count). The summed E-state index contributed by atoms with van der Waals surface area (Å²) in [6.07, 6.45) is 3.43. The van der Waals surface area contributed by atoms with Gasteiger partial charge in [-0.25, -0.2) is 0 Å². The zero-order chi connectivity index (χ0) is 14.9. The van der Waals surface area contributed by atoms with E-state index in [9.17, 15) is 0 Å². The second-order valence-corrected chi connectivity index (χ2v) is 5.22. The lowest BCUT2D eigenvalue weighted by atomic mass is 9.99. The highest BCUT2D eigenvalue weighted by Gasteiger charge is 2.09. The smallest absolute Gasteiger partial charge is 0.119 e. The Balaban J connectivity index is 1.91. The van der Waals surface area contributed by atoms with Gasteiger partial charge < -0.3 is 10.1 Å². The zero-order valence-corrected chi connectivity index (χ0v) is 13.0. The van der Waals surface area contributed by atoms with Crippen LogP contribution in [0.25, 0.3) is 0 Å². The van der Waals surface area contributed by atoms with Gasteiger partial charge in [0.25, 0.3) is 0 Å². The molecule has 0 aromatic heterocycles. The first-order valence-electron chi connectivity index (χ1n) is 7.77. The first kappa shape index (κ1) is 15.6. The molecule has 0 aliphatic heterocycles. The van der Waals surface area contributed by atoms with Crippen molar-refractivity contribution in [2.75, 3.05) is 13.7 Å². The normalized spacial score (nSPS) is 12.1. The van der Waals surface area contributed by atoms with Crippen molar-refractivity contribution in [2.45, 2.75) is 32.2 Å². The van der Waals surface area contributed by atoms with Gasteiger partial charge in [0.05, 0.1) is 6.61 Å². The van der Waals surface area contributed by atoms with Gasteiger partial charge in [-0.15, -0.1) is 0 Å². The third-order valence-electron chi connectivity index (χ3n) is 3.72. The van der Waals surface area contributed by atoms with E-state index in [4.69, 9.17) is 4.74 Å². The van der Waals surface area contributed by atoms with Crippen LogP contribution in [-0.2, 0) is 6.42 Å². The van der Waals surface area contributed by atoms with Crippen LogP contribution in [0.5, 0.6) is 5.75 Å². The number of hydrogen-bond acceptors (Lipinski definition) is 2. The van der Waals surface area contributed by atoms with Crippen LogP contribution in [0.4, 0.5) is 0 Å². The van der Waals surface area contributed by atoms with Gasteiger partial charge in [0.15, 0.2) is 0 Å². The zero-order valence-electron chi connectivity index (χ0n) is 13.0. The lowest BCUT2D eigenvalue weighted by molar-refractivity contribution is 0.339. The highest BCUT2D eigenvalue weighted by molar-refractivity contribution is 5.30. The van der Waals surface area contributed by atoms with Gasteiger partial charge in [0.2, 0.25) is 0 Å². The highest BCUT2D eigenvalue weighted by atomic mass is 16.5. The molecule has 2 nitrogen and oxygen atoms in total. The van der Waals surface area contributed by atoms with Crippen LogP contribution < -0.4 is 10.1 Å². The maximum Gasteiger partial charge on any atom is 0.119 e. The van der Waals surface area contributed by atoms with Crippen LogP contribution in [0.1, 0.15) is 36.9 Å². The third kappa shape index (κ3) is 4.91. The van der Waals surface area contributed by atoms with Crippen LogP contribution in [0.15, 0.2) is 54.6 Å². The van der Waals surface area contributed by atoms with Crippen LogP contribution >= 0.6 is 0 Å². The standard InChI is InChI=1S/C19H25NO/c1-3-21-18-13-8-12-17(15-18)19(20-2)14-7-11-16-9-5-4-6-10-16/h4-6,8-10,12-13,15,19-20H,3,7,11,14H2,1-2H3. The summed E-state index contributed by atoms with van der Waals surface area (Å²) in [5.74, 6) is 0.957. The monoisotopic (exact) mass is 283 g/mol. The molecule has 0 radical (unpaired) electrons. The minimum Gasteiger partial charge on any atom is -0.494 e. The Kier molecular flexibility index (Phi) is 6.29. The van der Waals surface area contributed by atoms with Crippen molar-refractivity contribution in [3.05, 3.63) is 65.7 Å². The molecule has 0 saturated heterocycles. The number of aryl methyl sites for hydroxylation is 1. The van der Waals surface area contributed by atoms with Crippen molar-refractivity contribution in [3.8, 4) is 5.75 Å². The largest absolute Gasteiger partial charge is 0.494 e. The fraction of sp³-hybridized carbons (Fsp3) is 0.368. The fourth-order valence-corrected chi connectivity index (χ4v) is 2.62. The number of rotatable bonds is 8. The van der Waals surface area contributed by atoms with Gasteiger partial charge in [0.1, 0.15) is 5.75 Å². The molecule has 1 N–H and O–H groups in total. The molecule has 0 saturated carbocycles. The molecule has 112 valence electrons. The average Bonchev–Trinajstić information content (AvgIpc) is 2.53. The summed E-state index contributed by atoms with van der Waals surface area (Å²) in [5, 5.41) is 3.42. The van der Waals surface area contributed by atoms with E-state index in [1.54, 1.807) is 0 Å². The van der Waals surface area contributed by atoms with E-state index >= 15 is 0 Å². The molecule has 0 amide bonds. The quantitative estimate of drug-likeness (QED) is 0.777. The van der Waals surface area contributed by atoms with E-state index in [0.717, 1.165) is 18.6 Å².